The molecule has 6 heteroatoms. The van der Waals surface area contributed by atoms with Crippen LogP contribution in [-0.2, 0) is 4.79 Å². The fourth-order valence-corrected chi connectivity index (χ4v) is 3.26. The number of hydrogen-bond donors (Lipinski definition) is 3. The van der Waals surface area contributed by atoms with Crippen molar-refractivity contribution in [2.75, 3.05) is 6.54 Å². The Hall–Kier alpha value is -1.30. The van der Waals surface area contributed by atoms with Crippen LogP contribution in [0.25, 0.3) is 0 Å². The smallest absolute Gasteiger partial charge is 0.328 e. The normalized spacial score (nSPS) is 29.5. The number of carbonyl (C=O) groups excluding carboxylic acids is 1. The molecule has 4 atom stereocenters. The van der Waals surface area contributed by atoms with E-state index in [0.717, 1.165) is 25.7 Å². The summed E-state index contributed by atoms with van der Waals surface area (Å²) in [6, 6.07) is -1.35. The molecular formula is C13H22N2O4. The number of aliphatic carboxylic acids is 1. The molecule has 0 spiro atoms. The maximum absolute atomic E-state index is 12.2. The number of nitrogens with zero attached hydrogens (tertiary/aromatic N) is 1. The number of fused-ring (bicyclic) bond motifs is 1. The van der Waals surface area contributed by atoms with E-state index in [1.165, 1.54) is 13.3 Å². The molecule has 3 N–H and O–H groups in total. The summed E-state index contributed by atoms with van der Waals surface area (Å²) in [7, 11) is 0. The van der Waals surface area contributed by atoms with E-state index in [-0.39, 0.29) is 12.1 Å². The van der Waals surface area contributed by atoms with Gasteiger partial charge in [0.15, 0.2) is 6.04 Å². The van der Waals surface area contributed by atoms with Crippen LogP contribution < -0.4 is 5.32 Å². The highest BCUT2D eigenvalue weighted by molar-refractivity contribution is 5.83. The average molecular weight is 270 g/mol. The molecule has 2 fully saturated rings. The standard InChI is InChI=1S/C13H22N2O4/c1-8(16)11(12(17)18)14-13(19)15-7-6-9-4-2-3-5-10(9)15/h8-11,16H,2-7H2,1H3,(H,14,19)(H,17,18). The third-order valence-electron chi connectivity index (χ3n) is 4.30. The zero-order valence-corrected chi connectivity index (χ0v) is 11.2. The Balaban J connectivity index is 1.98. The van der Waals surface area contributed by atoms with Gasteiger partial charge in [-0.15, -0.1) is 0 Å². The number of carboxylic acids is 1. The lowest BCUT2D eigenvalue weighted by molar-refractivity contribution is -0.141. The molecule has 19 heavy (non-hydrogen) atoms. The lowest BCUT2D eigenvalue weighted by Crippen LogP contribution is -2.54. The fraction of sp³-hybridized carbons (Fsp3) is 0.846. The van der Waals surface area contributed by atoms with Crippen LogP contribution in [0.15, 0.2) is 0 Å². The van der Waals surface area contributed by atoms with Gasteiger partial charge >= 0.3 is 12.0 Å². The summed E-state index contributed by atoms with van der Waals surface area (Å²) in [5, 5.41) is 20.8. The number of amides is 2. The Bertz CT molecular complexity index is 359. The number of carbonyl (C=O) groups is 2. The van der Waals surface area contributed by atoms with Crippen molar-refractivity contribution in [2.45, 2.75) is 57.2 Å². The van der Waals surface area contributed by atoms with Crippen molar-refractivity contribution in [3.8, 4) is 0 Å². The molecule has 1 heterocycles. The molecule has 0 radical (unpaired) electrons. The van der Waals surface area contributed by atoms with Gasteiger partial charge in [-0.05, 0) is 32.1 Å². The van der Waals surface area contributed by atoms with Crippen molar-refractivity contribution in [1.29, 1.82) is 0 Å². The summed E-state index contributed by atoms with van der Waals surface area (Å²) in [4.78, 5) is 24.9. The summed E-state index contributed by atoms with van der Waals surface area (Å²) in [6.45, 7) is 2.06. The molecule has 0 aromatic heterocycles. The fourth-order valence-electron chi connectivity index (χ4n) is 3.26. The van der Waals surface area contributed by atoms with Crippen molar-refractivity contribution in [2.24, 2.45) is 5.92 Å². The monoisotopic (exact) mass is 270 g/mol. The van der Waals surface area contributed by atoms with Gasteiger partial charge in [0.05, 0.1) is 6.10 Å². The Morgan fingerprint density at radius 2 is 1.95 bits per heavy atom. The number of aliphatic hydroxyl groups is 1. The van der Waals surface area contributed by atoms with E-state index < -0.39 is 18.1 Å². The predicted molar refractivity (Wildman–Crippen MR) is 68.7 cm³/mol. The number of carboxylic acid groups (broad SMARTS) is 1. The number of urea groups is 1. The minimum Gasteiger partial charge on any atom is -0.480 e. The summed E-state index contributed by atoms with van der Waals surface area (Å²) in [6.07, 6.45) is 4.42. The highest BCUT2D eigenvalue weighted by atomic mass is 16.4. The van der Waals surface area contributed by atoms with Crippen LogP contribution in [0, 0.1) is 5.92 Å². The first-order valence-electron chi connectivity index (χ1n) is 6.98. The van der Waals surface area contributed by atoms with Crippen LogP contribution in [0.2, 0.25) is 0 Å². The molecule has 0 aromatic rings. The lowest BCUT2D eigenvalue weighted by Gasteiger charge is -2.32. The number of aliphatic hydroxyl groups excluding tert-OH is 1. The van der Waals surface area contributed by atoms with Gasteiger partial charge in [-0.3, -0.25) is 0 Å². The molecule has 4 unspecified atom stereocenters. The van der Waals surface area contributed by atoms with Crippen LogP contribution in [0.5, 0.6) is 0 Å². The first-order chi connectivity index (χ1) is 9.00. The molecule has 2 rings (SSSR count). The molecule has 1 aliphatic heterocycles. The van der Waals surface area contributed by atoms with Gasteiger partial charge in [-0.25, -0.2) is 9.59 Å². The Labute approximate surface area is 112 Å². The number of likely N-dealkylation sites (tertiary alicyclic amines) is 1. The Kier molecular flexibility index (Phi) is 4.29. The third-order valence-corrected chi connectivity index (χ3v) is 4.30. The topological polar surface area (TPSA) is 89.9 Å². The van der Waals surface area contributed by atoms with Gasteiger partial charge in [-0.1, -0.05) is 12.8 Å². The molecule has 0 bridgehead atoms. The highest BCUT2D eigenvalue weighted by Gasteiger charge is 2.39. The first kappa shape index (κ1) is 14.1. The molecular weight excluding hydrogens is 248 g/mol. The average Bonchev–Trinajstić information content (AvgIpc) is 2.78. The van der Waals surface area contributed by atoms with E-state index in [9.17, 15) is 14.7 Å². The van der Waals surface area contributed by atoms with Crippen molar-refractivity contribution < 1.29 is 19.8 Å². The van der Waals surface area contributed by atoms with E-state index in [1.807, 2.05) is 0 Å². The van der Waals surface area contributed by atoms with Crippen molar-refractivity contribution in [3.63, 3.8) is 0 Å². The van der Waals surface area contributed by atoms with Crippen molar-refractivity contribution >= 4 is 12.0 Å². The Morgan fingerprint density at radius 3 is 2.58 bits per heavy atom. The van der Waals surface area contributed by atoms with Gasteiger partial charge in [0.1, 0.15) is 0 Å². The summed E-state index contributed by atoms with van der Waals surface area (Å²) in [5.41, 5.74) is 0. The maximum atomic E-state index is 12.2. The van der Waals surface area contributed by atoms with Crippen LogP contribution in [0.1, 0.15) is 39.0 Å². The van der Waals surface area contributed by atoms with Crippen molar-refractivity contribution in [3.05, 3.63) is 0 Å². The largest absolute Gasteiger partial charge is 0.480 e. The van der Waals surface area contributed by atoms with Gasteiger partial charge < -0.3 is 20.4 Å². The summed E-state index contributed by atoms with van der Waals surface area (Å²) >= 11 is 0. The van der Waals surface area contributed by atoms with Gasteiger partial charge in [-0.2, -0.15) is 0 Å². The molecule has 1 saturated carbocycles. The SMILES string of the molecule is CC(O)C(NC(=O)N1CCC2CCCCC21)C(=O)O. The second-order valence-electron chi connectivity index (χ2n) is 5.60. The second kappa shape index (κ2) is 5.77. The molecule has 108 valence electrons. The van der Waals surface area contributed by atoms with Crippen LogP contribution in [-0.4, -0.2) is 51.8 Å². The summed E-state index contributed by atoms with van der Waals surface area (Å²) < 4.78 is 0. The molecule has 2 amide bonds. The lowest BCUT2D eigenvalue weighted by atomic mass is 9.85. The molecule has 1 aliphatic carbocycles. The summed E-state index contributed by atoms with van der Waals surface area (Å²) in [5.74, 6) is -0.642. The Morgan fingerprint density at radius 1 is 1.26 bits per heavy atom. The van der Waals surface area contributed by atoms with Crippen LogP contribution in [0.4, 0.5) is 4.79 Å². The molecule has 6 nitrogen and oxygen atoms in total. The van der Waals surface area contributed by atoms with Gasteiger partial charge in [0.2, 0.25) is 0 Å². The highest BCUT2D eigenvalue weighted by Crippen LogP contribution is 2.36. The van der Waals surface area contributed by atoms with E-state index in [1.54, 1.807) is 4.90 Å². The first-order valence-corrected chi connectivity index (χ1v) is 6.98. The zero-order chi connectivity index (χ0) is 14.0. The predicted octanol–water partition coefficient (Wildman–Crippen LogP) is 0.794. The zero-order valence-electron chi connectivity index (χ0n) is 11.2. The van der Waals surface area contributed by atoms with E-state index in [0.29, 0.717) is 12.5 Å². The molecule has 0 aromatic carbocycles. The van der Waals surface area contributed by atoms with E-state index in [4.69, 9.17) is 5.11 Å². The number of rotatable bonds is 3. The third kappa shape index (κ3) is 3.00. The maximum Gasteiger partial charge on any atom is 0.328 e. The molecule has 1 saturated heterocycles. The molecule has 2 aliphatic rings. The second-order valence-corrected chi connectivity index (χ2v) is 5.60. The number of nitrogens with one attached hydrogen (secondary N) is 1. The van der Waals surface area contributed by atoms with Gasteiger partial charge in [0.25, 0.3) is 0 Å². The van der Waals surface area contributed by atoms with Crippen LogP contribution >= 0.6 is 0 Å². The van der Waals surface area contributed by atoms with E-state index >= 15 is 0 Å². The minimum atomic E-state index is -1.24. The van der Waals surface area contributed by atoms with Crippen molar-refractivity contribution in [1.82, 2.24) is 10.2 Å². The quantitative estimate of drug-likeness (QED) is 0.707. The number of hydrogen-bond acceptors (Lipinski definition) is 3. The van der Waals surface area contributed by atoms with Gasteiger partial charge in [0, 0.05) is 12.6 Å². The van der Waals surface area contributed by atoms with E-state index in [2.05, 4.69) is 5.32 Å². The minimum absolute atomic E-state index is 0.247. The van der Waals surface area contributed by atoms with Crippen LogP contribution in [0.3, 0.4) is 0 Å².